The lowest BCUT2D eigenvalue weighted by Gasteiger charge is -2.06. The summed E-state index contributed by atoms with van der Waals surface area (Å²) in [6.45, 7) is 3.26. The fourth-order valence-corrected chi connectivity index (χ4v) is 0.723. The third-order valence-corrected chi connectivity index (χ3v) is 1.26. The molecule has 5 nitrogen and oxygen atoms in total. The first-order chi connectivity index (χ1) is 5.43. The Hall–Kier alpha value is -1.52. The Labute approximate surface area is 70.8 Å². The smallest absolute Gasteiger partial charge is 0.312 e. The standard InChI is InChI=1S/C7H13N3O2/c1-4(6(8)11)3-5(2)10-7(9)12/h3,5H,1-2H3,(H2,8,11)(H3,9,10,12)/b4-3-. The number of primary amides is 2. The predicted octanol–water partition coefficient (Wildman–Crippen LogP) is -0.525. The molecule has 0 aromatic carbocycles. The molecule has 1 atom stereocenters. The van der Waals surface area contributed by atoms with E-state index in [0.717, 1.165) is 0 Å². The summed E-state index contributed by atoms with van der Waals surface area (Å²) < 4.78 is 0. The van der Waals surface area contributed by atoms with Crippen LogP contribution in [0.25, 0.3) is 0 Å². The first kappa shape index (κ1) is 10.5. The topological polar surface area (TPSA) is 98.2 Å². The summed E-state index contributed by atoms with van der Waals surface area (Å²) in [5, 5.41) is 2.38. The van der Waals surface area contributed by atoms with E-state index < -0.39 is 11.9 Å². The number of hydrogen-bond acceptors (Lipinski definition) is 2. The van der Waals surface area contributed by atoms with E-state index in [0.29, 0.717) is 5.57 Å². The lowest BCUT2D eigenvalue weighted by atomic mass is 10.2. The zero-order valence-electron chi connectivity index (χ0n) is 7.13. The maximum atomic E-state index is 10.5. The van der Waals surface area contributed by atoms with Crippen molar-refractivity contribution in [1.82, 2.24) is 5.32 Å². The van der Waals surface area contributed by atoms with Crippen molar-refractivity contribution in [3.8, 4) is 0 Å². The first-order valence-electron chi connectivity index (χ1n) is 3.47. The van der Waals surface area contributed by atoms with Gasteiger partial charge in [0.2, 0.25) is 5.91 Å². The molecule has 5 N–H and O–H groups in total. The van der Waals surface area contributed by atoms with Crippen LogP contribution in [0.3, 0.4) is 0 Å². The van der Waals surface area contributed by atoms with Crippen LogP contribution < -0.4 is 16.8 Å². The molecule has 0 aromatic heterocycles. The SMILES string of the molecule is C/C(=C/C(C)NC(N)=O)C(N)=O. The fourth-order valence-electron chi connectivity index (χ4n) is 0.723. The highest BCUT2D eigenvalue weighted by atomic mass is 16.2. The van der Waals surface area contributed by atoms with Gasteiger partial charge in [0, 0.05) is 11.6 Å². The van der Waals surface area contributed by atoms with Gasteiger partial charge >= 0.3 is 6.03 Å². The zero-order valence-corrected chi connectivity index (χ0v) is 7.13. The van der Waals surface area contributed by atoms with E-state index in [1.54, 1.807) is 13.8 Å². The molecule has 0 aliphatic carbocycles. The minimum atomic E-state index is -0.629. The van der Waals surface area contributed by atoms with E-state index in [4.69, 9.17) is 11.5 Å². The van der Waals surface area contributed by atoms with Crippen LogP contribution in [-0.4, -0.2) is 18.0 Å². The Balaban J connectivity index is 4.14. The summed E-state index contributed by atoms with van der Waals surface area (Å²) in [6, 6.07) is -0.911. The molecule has 0 saturated carbocycles. The van der Waals surface area contributed by atoms with E-state index >= 15 is 0 Å². The van der Waals surface area contributed by atoms with Gasteiger partial charge in [-0.1, -0.05) is 6.08 Å². The molecule has 0 aliphatic heterocycles. The van der Waals surface area contributed by atoms with E-state index in [1.165, 1.54) is 6.08 Å². The van der Waals surface area contributed by atoms with Crippen LogP contribution >= 0.6 is 0 Å². The number of carbonyl (C=O) groups is 2. The van der Waals surface area contributed by atoms with Crippen LogP contribution in [0.4, 0.5) is 4.79 Å². The summed E-state index contributed by atoms with van der Waals surface area (Å²) in [5.41, 5.74) is 10.2. The van der Waals surface area contributed by atoms with Gasteiger partial charge in [0.25, 0.3) is 0 Å². The molecule has 3 amide bonds. The molecule has 0 bridgehead atoms. The highest BCUT2D eigenvalue weighted by molar-refractivity contribution is 5.91. The Morgan fingerprint density at radius 3 is 2.25 bits per heavy atom. The Kier molecular flexibility index (Phi) is 3.82. The van der Waals surface area contributed by atoms with E-state index in [1.807, 2.05) is 0 Å². The van der Waals surface area contributed by atoms with Crippen LogP contribution in [0.5, 0.6) is 0 Å². The molecular weight excluding hydrogens is 158 g/mol. The third-order valence-electron chi connectivity index (χ3n) is 1.26. The molecular formula is C7H13N3O2. The van der Waals surface area contributed by atoms with Crippen LogP contribution in [-0.2, 0) is 4.79 Å². The van der Waals surface area contributed by atoms with E-state index in [-0.39, 0.29) is 6.04 Å². The molecule has 5 heteroatoms. The number of rotatable bonds is 3. The summed E-state index contributed by atoms with van der Waals surface area (Å²) in [7, 11) is 0. The number of amides is 3. The summed E-state index contributed by atoms with van der Waals surface area (Å²) in [5.74, 6) is -0.506. The van der Waals surface area contributed by atoms with E-state index in [2.05, 4.69) is 5.32 Å². The molecule has 0 rings (SSSR count). The largest absolute Gasteiger partial charge is 0.366 e. The molecule has 0 radical (unpaired) electrons. The number of nitrogens with two attached hydrogens (primary N) is 2. The maximum Gasteiger partial charge on any atom is 0.312 e. The van der Waals surface area contributed by atoms with Gasteiger partial charge in [-0.3, -0.25) is 4.79 Å². The van der Waals surface area contributed by atoms with Gasteiger partial charge in [-0.15, -0.1) is 0 Å². The highest BCUT2D eigenvalue weighted by Gasteiger charge is 2.02. The average molecular weight is 171 g/mol. The summed E-state index contributed by atoms with van der Waals surface area (Å²) >= 11 is 0. The van der Waals surface area contributed by atoms with Crippen molar-refractivity contribution in [2.45, 2.75) is 19.9 Å². The normalized spacial score (nSPS) is 13.7. The van der Waals surface area contributed by atoms with Gasteiger partial charge in [0.1, 0.15) is 0 Å². The van der Waals surface area contributed by atoms with Crippen LogP contribution in [0.15, 0.2) is 11.6 Å². The van der Waals surface area contributed by atoms with Crippen molar-refractivity contribution in [2.24, 2.45) is 11.5 Å². The lowest BCUT2D eigenvalue weighted by Crippen LogP contribution is -2.36. The number of carbonyl (C=O) groups excluding carboxylic acids is 2. The van der Waals surface area contributed by atoms with Gasteiger partial charge in [-0.25, -0.2) is 4.79 Å². The number of hydrogen-bond donors (Lipinski definition) is 3. The number of nitrogens with one attached hydrogen (secondary N) is 1. The van der Waals surface area contributed by atoms with Crippen molar-refractivity contribution in [2.75, 3.05) is 0 Å². The molecule has 12 heavy (non-hydrogen) atoms. The average Bonchev–Trinajstić information content (AvgIpc) is 1.84. The minimum absolute atomic E-state index is 0.282. The zero-order chi connectivity index (χ0) is 9.72. The third kappa shape index (κ3) is 4.32. The summed E-state index contributed by atoms with van der Waals surface area (Å²) in [6.07, 6.45) is 1.53. The second-order valence-electron chi connectivity index (χ2n) is 2.51. The van der Waals surface area contributed by atoms with Crippen molar-refractivity contribution in [3.05, 3.63) is 11.6 Å². The van der Waals surface area contributed by atoms with Crippen LogP contribution in [0, 0.1) is 0 Å². The molecule has 0 saturated heterocycles. The minimum Gasteiger partial charge on any atom is -0.366 e. The first-order valence-corrected chi connectivity index (χ1v) is 3.47. The number of urea groups is 1. The van der Waals surface area contributed by atoms with Crippen molar-refractivity contribution in [1.29, 1.82) is 0 Å². The van der Waals surface area contributed by atoms with Gasteiger partial charge in [-0.05, 0) is 13.8 Å². The Morgan fingerprint density at radius 1 is 1.42 bits per heavy atom. The van der Waals surface area contributed by atoms with Gasteiger partial charge < -0.3 is 16.8 Å². The molecule has 0 fully saturated rings. The maximum absolute atomic E-state index is 10.5. The van der Waals surface area contributed by atoms with E-state index in [9.17, 15) is 9.59 Å². The summed E-state index contributed by atoms with van der Waals surface area (Å²) in [4.78, 5) is 20.9. The molecule has 0 heterocycles. The Morgan fingerprint density at radius 2 is 1.92 bits per heavy atom. The monoisotopic (exact) mass is 171 g/mol. The molecule has 0 spiro atoms. The van der Waals surface area contributed by atoms with Gasteiger partial charge in [0.15, 0.2) is 0 Å². The van der Waals surface area contributed by atoms with Gasteiger partial charge in [0.05, 0.1) is 0 Å². The van der Waals surface area contributed by atoms with Crippen molar-refractivity contribution < 1.29 is 9.59 Å². The van der Waals surface area contributed by atoms with Gasteiger partial charge in [-0.2, -0.15) is 0 Å². The second kappa shape index (κ2) is 4.38. The molecule has 68 valence electrons. The van der Waals surface area contributed by atoms with Crippen LogP contribution in [0.1, 0.15) is 13.8 Å². The van der Waals surface area contributed by atoms with Crippen molar-refractivity contribution >= 4 is 11.9 Å². The predicted molar refractivity (Wildman–Crippen MR) is 45.1 cm³/mol. The lowest BCUT2D eigenvalue weighted by molar-refractivity contribution is -0.114. The molecule has 0 aliphatic rings. The molecule has 0 aromatic rings. The quantitative estimate of drug-likeness (QED) is 0.497. The second-order valence-corrected chi connectivity index (χ2v) is 2.51. The van der Waals surface area contributed by atoms with Crippen LogP contribution in [0.2, 0.25) is 0 Å². The Bertz CT molecular complexity index is 223. The fraction of sp³-hybridized carbons (Fsp3) is 0.429. The van der Waals surface area contributed by atoms with Crippen molar-refractivity contribution in [3.63, 3.8) is 0 Å². The highest BCUT2D eigenvalue weighted by Crippen LogP contribution is 1.93. The molecule has 1 unspecified atom stereocenters.